The number of hydrogen-bond donors (Lipinski definition) is 1. The van der Waals surface area contributed by atoms with Gasteiger partial charge in [-0.05, 0) is 23.8 Å². The van der Waals surface area contributed by atoms with Gasteiger partial charge in [0, 0.05) is 49.2 Å². The van der Waals surface area contributed by atoms with Crippen LogP contribution in [0.3, 0.4) is 0 Å². The zero-order valence-electron chi connectivity index (χ0n) is 17.4. The fraction of sp³-hybridized carbons (Fsp3) is 0.261. The standard InChI is InChI=1S/C23H23BrN4O3/c1-15(29)25-10-11-28(13-16-6-4-3-5-7-16)23(30)21-19-14-31-20-9-8-17(24)12-18(20)22(19)27(2)26-21/h3-9,12H,10-11,13-14H2,1-2H3,(H,25,29). The minimum absolute atomic E-state index is 0.127. The number of carbonyl (C=O) groups is 2. The van der Waals surface area contributed by atoms with Gasteiger partial charge >= 0.3 is 0 Å². The monoisotopic (exact) mass is 482 g/mol. The van der Waals surface area contributed by atoms with E-state index in [4.69, 9.17) is 4.74 Å². The van der Waals surface area contributed by atoms with Crippen LogP contribution in [0, 0.1) is 0 Å². The van der Waals surface area contributed by atoms with Crippen LogP contribution in [0.5, 0.6) is 5.75 Å². The van der Waals surface area contributed by atoms with Crippen LogP contribution in [0.25, 0.3) is 11.3 Å². The molecular weight excluding hydrogens is 460 g/mol. The molecule has 31 heavy (non-hydrogen) atoms. The summed E-state index contributed by atoms with van der Waals surface area (Å²) in [4.78, 5) is 26.6. The minimum Gasteiger partial charge on any atom is -0.488 e. The topological polar surface area (TPSA) is 76.5 Å². The highest BCUT2D eigenvalue weighted by molar-refractivity contribution is 9.10. The Balaban J connectivity index is 1.67. The van der Waals surface area contributed by atoms with Crippen LogP contribution in [0.2, 0.25) is 0 Å². The first-order valence-electron chi connectivity index (χ1n) is 10.00. The Kier molecular flexibility index (Phi) is 6.08. The highest BCUT2D eigenvalue weighted by Crippen LogP contribution is 2.40. The van der Waals surface area contributed by atoms with E-state index in [0.717, 1.165) is 32.6 Å². The molecule has 7 nitrogen and oxygen atoms in total. The van der Waals surface area contributed by atoms with Gasteiger partial charge < -0.3 is 15.0 Å². The van der Waals surface area contributed by atoms with Crippen LogP contribution in [-0.2, 0) is 25.0 Å². The maximum Gasteiger partial charge on any atom is 0.275 e. The molecule has 1 aromatic heterocycles. The van der Waals surface area contributed by atoms with Crippen molar-refractivity contribution in [3.63, 3.8) is 0 Å². The summed E-state index contributed by atoms with van der Waals surface area (Å²) in [5, 5.41) is 7.34. The third kappa shape index (κ3) is 4.49. The van der Waals surface area contributed by atoms with E-state index < -0.39 is 0 Å². The van der Waals surface area contributed by atoms with Crippen LogP contribution in [0.15, 0.2) is 53.0 Å². The Morgan fingerprint density at radius 1 is 1.23 bits per heavy atom. The summed E-state index contributed by atoms with van der Waals surface area (Å²) in [5.74, 6) is 0.454. The van der Waals surface area contributed by atoms with Gasteiger partial charge in [-0.2, -0.15) is 5.10 Å². The van der Waals surface area contributed by atoms with Crippen molar-refractivity contribution < 1.29 is 14.3 Å². The number of hydrogen-bond acceptors (Lipinski definition) is 4. The molecule has 2 heterocycles. The number of nitrogens with zero attached hydrogens (tertiary/aromatic N) is 3. The van der Waals surface area contributed by atoms with Crippen LogP contribution in [0.1, 0.15) is 28.5 Å². The molecule has 0 saturated heterocycles. The molecule has 2 amide bonds. The molecule has 8 heteroatoms. The summed E-state index contributed by atoms with van der Waals surface area (Å²) < 4.78 is 8.59. The first kappa shape index (κ1) is 21.1. The third-order valence-electron chi connectivity index (χ3n) is 5.18. The molecular formula is C23H23BrN4O3. The molecule has 0 aliphatic carbocycles. The number of carbonyl (C=O) groups excluding carboxylic acids is 2. The lowest BCUT2D eigenvalue weighted by molar-refractivity contribution is -0.119. The molecule has 1 N–H and O–H groups in total. The molecule has 0 atom stereocenters. The summed E-state index contributed by atoms with van der Waals surface area (Å²) in [6.45, 7) is 2.92. The van der Waals surface area contributed by atoms with Gasteiger partial charge in [-0.25, -0.2) is 0 Å². The maximum absolute atomic E-state index is 13.6. The van der Waals surface area contributed by atoms with Gasteiger partial charge in [0.15, 0.2) is 5.69 Å². The number of rotatable bonds is 6. The van der Waals surface area contributed by atoms with Gasteiger partial charge in [0.25, 0.3) is 5.91 Å². The lowest BCUT2D eigenvalue weighted by Gasteiger charge is -2.23. The summed E-state index contributed by atoms with van der Waals surface area (Å²) in [6.07, 6.45) is 0. The molecule has 1 aliphatic rings. The number of ether oxygens (including phenoxy) is 1. The fourth-order valence-corrected chi connectivity index (χ4v) is 4.11. The lowest BCUT2D eigenvalue weighted by Crippen LogP contribution is -2.38. The van der Waals surface area contributed by atoms with Crippen molar-refractivity contribution in [3.05, 3.63) is 69.8 Å². The van der Waals surface area contributed by atoms with E-state index in [1.54, 1.807) is 9.58 Å². The van der Waals surface area contributed by atoms with Crippen LogP contribution < -0.4 is 10.1 Å². The van der Waals surface area contributed by atoms with E-state index in [9.17, 15) is 9.59 Å². The van der Waals surface area contributed by atoms with Crippen molar-refractivity contribution in [2.75, 3.05) is 13.1 Å². The van der Waals surface area contributed by atoms with E-state index >= 15 is 0 Å². The summed E-state index contributed by atoms with van der Waals surface area (Å²) in [7, 11) is 1.84. The summed E-state index contributed by atoms with van der Waals surface area (Å²) in [6, 6.07) is 15.6. The molecule has 160 valence electrons. The van der Waals surface area contributed by atoms with Crippen molar-refractivity contribution in [2.24, 2.45) is 7.05 Å². The Morgan fingerprint density at radius 3 is 2.74 bits per heavy atom. The van der Waals surface area contributed by atoms with Crippen molar-refractivity contribution in [1.82, 2.24) is 20.0 Å². The summed E-state index contributed by atoms with van der Waals surface area (Å²) in [5.41, 5.74) is 3.94. The first-order chi connectivity index (χ1) is 14.9. The van der Waals surface area contributed by atoms with Crippen LogP contribution in [-0.4, -0.2) is 39.6 Å². The number of benzene rings is 2. The SMILES string of the molecule is CC(=O)NCCN(Cc1ccccc1)C(=O)c1nn(C)c2c1COc1ccc(Br)cc1-2. The second-order valence-corrected chi connectivity index (χ2v) is 8.34. The average molecular weight is 483 g/mol. The molecule has 1 aliphatic heterocycles. The number of halogens is 1. The number of nitrogens with one attached hydrogen (secondary N) is 1. The Bertz CT molecular complexity index is 1130. The van der Waals surface area contributed by atoms with E-state index in [1.807, 2.05) is 55.6 Å². The molecule has 0 unspecified atom stereocenters. The van der Waals surface area contributed by atoms with Crippen molar-refractivity contribution in [1.29, 1.82) is 0 Å². The lowest BCUT2D eigenvalue weighted by atomic mass is 10.0. The van der Waals surface area contributed by atoms with Gasteiger partial charge in [-0.3, -0.25) is 14.3 Å². The predicted octanol–water partition coefficient (Wildman–Crippen LogP) is 3.52. The smallest absolute Gasteiger partial charge is 0.275 e. The Morgan fingerprint density at radius 2 is 2.00 bits per heavy atom. The summed E-state index contributed by atoms with van der Waals surface area (Å²) >= 11 is 3.51. The number of aryl methyl sites for hydroxylation is 1. The predicted molar refractivity (Wildman–Crippen MR) is 121 cm³/mol. The normalized spacial score (nSPS) is 11.8. The largest absolute Gasteiger partial charge is 0.488 e. The molecule has 0 radical (unpaired) electrons. The molecule has 3 aromatic rings. The quantitative estimate of drug-likeness (QED) is 0.582. The van der Waals surface area contributed by atoms with Crippen LogP contribution in [0.4, 0.5) is 0 Å². The highest BCUT2D eigenvalue weighted by atomic mass is 79.9. The zero-order valence-corrected chi connectivity index (χ0v) is 19.0. The zero-order chi connectivity index (χ0) is 22.0. The molecule has 0 saturated carbocycles. The number of fused-ring (bicyclic) bond motifs is 3. The van der Waals surface area contributed by atoms with Crippen LogP contribution >= 0.6 is 15.9 Å². The van der Waals surface area contributed by atoms with Gasteiger partial charge in [0.05, 0.1) is 5.69 Å². The van der Waals surface area contributed by atoms with E-state index in [2.05, 4.69) is 26.3 Å². The van der Waals surface area contributed by atoms with Crippen molar-refractivity contribution in [2.45, 2.75) is 20.1 Å². The molecule has 4 rings (SSSR count). The molecule has 2 aromatic carbocycles. The third-order valence-corrected chi connectivity index (χ3v) is 5.67. The average Bonchev–Trinajstić information content (AvgIpc) is 3.10. The Labute approximate surface area is 189 Å². The number of amides is 2. The van der Waals surface area contributed by atoms with Gasteiger partial charge in [-0.15, -0.1) is 0 Å². The van der Waals surface area contributed by atoms with Crippen molar-refractivity contribution >= 4 is 27.7 Å². The fourth-order valence-electron chi connectivity index (χ4n) is 3.75. The van der Waals surface area contributed by atoms with E-state index in [1.165, 1.54) is 6.92 Å². The molecule has 0 fully saturated rings. The molecule has 0 bridgehead atoms. The highest BCUT2D eigenvalue weighted by Gasteiger charge is 2.30. The molecule has 0 spiro atoms. The van der Waals surface area contributed by atoms with Gasteiger partial charge in [0.1, 0.15) is 12.4 Å². The minimum atomic E-state index is -0.187. The second-order valence-electron chi connectivity index (χ2n) is 7.42. The van der Waals surface area contributed by atoms with Crippen molar-refractivity contribution in [3.8, 4) is 17.0 Å². The second kappa shape index (κ2) is 8.93. The van der Waals surface area contributed by atoms with E-state index in [0.29, 0.717) is 25.3 Å². The van der Waals surface area contributed by atoms with E-state index in [-0.39, 0.29) is 18.4 Å². The van der Waals surface area contributed by atoms with Gasteiger partial charge in [0.2, 0.25) is 5.91 Å². The Hall–Kier alpha value is -3.13. The maximum atomic E-state index is 13.6. The van der Waals surface area contributed by atoms with Gasteiger partial charge in [-0.1, -0.05) is 46.3 Å². The number of aromatic nitrogens is 2. The first-order valence-corrected chi connectivity index (χ1v) is 10.8.